The number of carbonyl (C=O) groups excluding carboxylic acids is 1. The zero-order valence-electron chi connectivity index (χ0n) is 13.3. The minimum Gasteiger partial charge on any atom is -0.507 e. The highest BCUT2D eigenvalue weighted by atomic mass is 16.5. The van der Waals surface area contributed by atoms with Gasteiger partial charge in [0, 0.05) is 13.1 Å². The first-order valence-electron chi connectivity index (χ1n) is 7.91. The van der Waals surface area contributed by atoms with E-state index in [0.29, 0.717) is 25.6 Å². The van der Waals surface area contributed by atoms with Gasteiger partial charge in [-0.25, -0.2) is 0 Å². The Morgan fingerprint density at radius 2 is 2.05 bits per heavy atom. The molecule has 2 rings (SSSR count). The van der Waals surface area contributed by atoms with Crippen LogP contribution in [-0.4, -0.2) is 46.8 Å². The van der Waals surface area contributed by atoms with Crippen molar-refractivity contribution in [3.05, 3.63) is 23.8 Å². The molecule has 1 saturated heterocycles. The molecule has 1 aromatic carbocycles. The van der Waals surface area contributed by atoms with Crippen LogP contribution in [-0.2, 0) is 4.74 Å². The molecule has 5 heteroatoms. The molecule has 1 aromatic rings. The second-order valence-corrected chi connectivity index (χ2v) is 6.24. The van der Waals surface area contributed by atoms with Crippen molar-refractivity contribution >= 4 is 5.91 Å². The van der Waals surface area contributed by atoms with Crippen molar-refractivity contribution in [1.82, 2.24) is 4.90 Å². The van der Waals surface area contributed by atoms with Gasteiger partial charge in [-0.3, -0.25) is 4.79 Å². The Kier molecular flexibility index (Phi) is 5.66. The SMILES string of the molecule is CC(C)CCC[C@@H]1CN(C(=O)c2c(O)cccc2O)CCO1. The molecule has 1 atom stereocenters. The summed E-state index contributed by atoms with van der Waals surface area (Å²) in [5.74, 6) is -0.0482. The van der Waals surface area contributed by atoms with Crippen molar-refractivity contribution in [1.29, 1.82) is 0 Å². The molecule has 1 amide bonds. The number of phenolic OH excluding ortho intramolecular Hbond substituents is 2. The van der Waals surface area contributed by atoms with Crippen LogP contribution in [0.4, 0.5) is 0 Å². The lowest BCUT2D eigenvalue weighted by Gasteiger charge is -2.33. The predicted molar refractivity (Wildman–Crippen MR) is 84.1 cm³/mol. The van der Waals surface area contributed by atoms with Crippen molar-refractivity contribution in [3.63, 3.8) is 0 Å². The van der Waals surface area contributed by atoms with Crippen LogP contribution in [0.25, 0.3) is 0 Å². The molecule has 0 radical (unpaired) electrons. The van der Waals surface area contributed by atoms with Crippen molar-refractivity contribution < 1.29 is 19.7 Å². The summed E-state index contributed by atoms with van der Waals surface area (Å²) in [5, 5.41) is 19.6. The van der Waals surface area contributed by atoms with E-state index in [2.05, 4.69) is 13.8 Å². The van der Waals surface area contributed by atoms with Gasteiger partial charge in [-0.05, 0) is 24.5 Å². The molecule has 122 valence electrons. The standard InChI is InChI=1S/C17H25NO4/c1-12(2)5-3-6-13-11-18(9-10-22-13)17(21)16-14(19)7-4-8-15(16)20/h4,7-8,12-13,19-20H,3,5-6,9-11H2,1-2H3/t13-/m1/s1. The maximum Gasteiger partial charge on any atom is 0.261 e. The van der Waals surface area contributed by atoms with Crippen LogP contribution in [0.5, 0.6) is 11.5 Å². The predicted octanol–water partition coefficient (Wildman–Crippen LogP) is 2.77. The van der Waals surface area contributed by atoms with Gasteiger partial charge in [0.15, 0.2) is 0 Å². The van der Waals surface area contributed by atoms with Crippen molar-refractivity contribution in [2.75, 3.05) is 19.7 Å². The van der Waals surface area contributed by atoms with Crippen LogP contribution < -0.4 is 0 Å². The lowest BCUT2D eigenvalue weighted by molar-refractivity contribution is -0.0261. The molecular weight excluding hydrogens is 282 g/mol. The van der Waals surface area contributed by atoms with E-state index in [1.807, 2.05) is 0 Å². The van der Waals surface area contributed by atoms with Crippen molar-refractivity contribution in [2.24, 2.45) is 5.92 Å². The summed E-state index contributed by atoms with van der Waals surface area (Å²) in [6.45, 7) is 5.86. The first-order chi connectivity index (χ1) is 10.5. The average Bonchev–Trinajstić information content (AvgIpc) is 2.47. The fourth-order valence-electron chi connectivity index (χ4n) is 2.74. The fraction of sp³-hybridized carbons (Fsp3) is 0.588. The highest BCUT2D eigenvalue weighted by Crippen LogP contribution is 2.28. The van der Waals surface area contributed by atoms with Crippen LogP contribution in [0.1, 0.15) is 43.5 Å². The van der Waals surface area contributed by atoms with Crippen LogP contribution in [0.15, 0.2) is 18.2 Å². The third-order valence-electron chi connectivity index (χ3n) is 3.97. The maximum atomic E-state index is 12.5. The van der Waals surface area contributed by atoms with Gasteiger partial charge in [-0.1, -0.05) is 32.8 Å². The van der Waals surface area contributed by atoms with Gasteiger partial charge in [0.25, 0.3) is 5.91 Å². The molecule has 1 fully saturated rings. The zero-order chi connectivity index (χ0) is 16.1. The van der Waals surface area contributed by atoms with E-state index in [0.717, 1.165) is 19.3 Å². The molecular formula is C17H25NO4. The third kappa shape index (κ3) is 4.13. The second-order valence-electron chi connectivity index (χ2n) is 6.24. The normalized spacial score (nSPS) is 18.7. The van der Waals surface area contributed by atoms with Crippen LogP contribution in [0.3, 0.4) is 0 Å². The van der Waals surface area contributed by atoms with Crippen molar-refractivity contribution in [3.8, 4) is 11.5 Å². The van der Waals surface area contributed by atoms with Crippen LogP contribution in [0.2, 0.25) is 0 Å². The topological polar surface area (TPSA) is 70.0 Å². The Morgan fingerprint density at radius 1 is 1.36 bits per heavy atom. The number of rotatable bonds is 5. The summed E-state index contributed by atoms with van der Waals surface area (Å²) < 4.78 is 5.72. The molecule has 0 spiro atoms. The largest absolute Gasteiger partial charge is 0.507 e. The first-order valence-corrected chi connectivity index (χ1v) is 7.91. The van der Waals surface area contributed by atoms with Crippen LogP contribution >= 0.6 is 0 Å². The third-order valence-corrected chi connectivity index (χ3v) is 3.97. The molecule has 5 nitrogen and oxygen atoms in total. The highest BCUT2D eigenvalue weighted by Gasteiger charge is 2.28. The average molecular weight is 307 g/mol. The monoisotopic (exact) mass is 307 g/mol. The smallest absolute Gasteiger partial charge is 0.261 e. The number of carbonyl (C=O) groups is 1. The molecule has 2 N–H and O–H groups in total. The number of nitrogens with zero attached hydrogens (tertiary/aromatic N) is 1. The minimum atomic E-state index is -0.340. The molecule has 1 aliphatic rings. The molecule has 0 aromatic heterocycles. The molecule has 1 heterocycles. The first kappa shape index (κ1) is 16.6. The Morgan fingerprint density at radius 3 is 2.68 bits per heavy atom. The van der Waals surface area contributed by atoms with Gasteiger partial charge in [0.2, 0.25) is 0 Å². The van der Waals surface area contributed by atoms with Crippen molar-refractivity contribution in [2.45, 2.75) is 39.2 Å². The molecule has 0 saturated carbocycles. The number of benzene rings is 1. The number of morpholine rings is 1. The summed E-state index contributed by atoms with van der Waals surface area (Å²) >= 11 is 0. The number of hydrogen-bond acceptors (Lipinski definition) is 4. The van der Waals surface area contributed by atoms with E-state index in [-0.39, 0.29) is 29.1 Å². The number of amides is 1. The Balaban J connectivity index is 1.98. The summed E-state index contributed by atoms with van der Waals surface area (Å²) in [6, 6.07) is 4.33. The number of aromatic hydroxyl groups is 2. The van der Waals surface area contributed by atoms with E-state index in [1.165, 1.54) is 18.2 Å². The van der Waals surface area contributed by atoms with Gasteiger partial charge in [-0.2, -0.15) is 0 Å². The quantitative estimate of drug-likeness (QED) is 0.877. The molecule has 0 aliphatic carbocycles. The molecule has 0 bridgehead atoms. The van der Waals surface area contributed by atoms with E-state index in [4.69, 9.17) is 4.74 Å². The Hall–Kier alpha value is -1.75. The lowest BCUT2D eigenvalue weighted by atomic mass is 10.0. The number of ether oxygens (including phenoxy) is 1. The van der Waals surface area contributed by atoms with Gasteiger partial charge in [-0.15, -0.1) is 0 Å². The summed E-state index contributed by atoms with van der Waals surface area (Å²) in [6.07, 6.45) is 3.18. The number of hydrogen-bond donors (Lipinski definition) is 2. The van der Waals surface area contributed by atoms with Gasteiger partial charge >= 0.3 is 0 Å². The second kappa shape index (κ2) is 7.49. The van der Waals surface area contributed by atoms with Crippen LogP contribution in [0, 0.1) is 5.92 Å². The lowest BCUT2D eigenvalue weighted by Crippen LogP contribution is -2.45. The Bertz CT molecular complexity index is 495. The highest BCUT2D eigenvalue weighted by molar-refractivity contribution is 5.99. The molecule has 0 unspecified atom stereocenters. The number of phenols is 2. The van der Waals surface area contributed by atoms with E-state index >= 15 is 0 Å². The molecule has 1 aliphatic heterocycles. The zero-order valence-corrected chi connectivity index (χ0v) is 13.3. The minimum absolute atomic E-state index is 0.0228. The summed E-state index contributed by atoms with van der Waals surface area (Å²) in [7, 11) is 0. The Labute approximate surface area is 131 Å². The fourth-order valence-corrected chi connectivity index (χ4v) is 2.74. The van der Waals surface area contributed by atoms with Gasteiger partial charge < -0.3 is 19.8 Å². The van der Waals surface area contributed by atoms with E-state index < -0.39 is 0 Å². The van der Waals surface area contributed by atoms with E-state index in [9.17, 15) is 15.0 Å². The molecule has 22 heavy (non-hydrogen) atoms. The van der Waals surface area contributed by atoms with Gasteiger partial charge in [0.1, 0.15) is 17.1 Å². The maximum absolute atomic E-state index is 12.5. The van der Waals surface area contributed by atoms with Gasteiger partial charge in [0.05, 0.1) is 12.7 Å². The van der Waals surface area contributed by atoms with E-state index in [1.54, 1.807) is 4.90 Å². The summed E-state index contributed by atoms with van der Waals surface area (Å²) in [4.78, 5) is 14.2. The summed E-state index contributed by atoms with van der Waals surface area (Å²) in [5.41, 5.74) is -0.0228.